The van der Waals surface area contributed by atoms with Gasteiger partial charge in [0.05, 0.1) is 0 Å². The van der Waals surface area contributed by atoms with Crippen molar-refractivity contribution in [3.8, 4) is 0 Å². The molecule has 0 spiro atoms. The van der Waals surface area contributed by atoms with E-state index < -0.39 is 89.8 Å². The molecule has 0 aromatic heterocycles. The van der Waals surface area contributed by atoms with E-state index in [2.05, 4.69) is 11.3 Å². The normalized spacial score (nSPS) is 16.4. The summed E-state index contributed by atoms with van der Waals surface area (Å²) in [5.41, 5.74) is 0. The molecule has 0 radical (unpaired) electrons. The lowest BCUT2D eigenvalue weighted by atomic mass is 9.84. The SMILES string of the molecule is C=CC(=O)OCC(F)(F)C(F)(F)C(F)(F)C(F)(F)C(F)(F)C(F)(F)C(F)(F)C(F)(F)C(F)(F)C(F)(F)C(F)(F)C(F)(F)C(F)(F)F. The van der Waals surface area contributed by atoms with Crippen molar-refractivity contribution in [1.29, 1.82) is 0 Å². The second kappa shape index (κ2) is 10.9. The molecular formula is C17H5F27O2. The molecule has 29 heteroatoms. The lowest BCUT2D eigenvalue weighted by Gasteiger charge is -2.46. The number of carbonyl (C=O) groups is 1. The molecule has 0 N–H and O–H groups in total. The number of hydrogen-bond acceptors (Lipinski definition) is 2. The van der Waals surface area contributed by atoms with Crippen LogP contribution in [0.4, 0.5) is 119 Å². The summed E-state index contributed by atoms with van der Waals surface area (Å²) in [4.78, 5) is 10.6. The van der Waals surface area contributed by atoms with E-state index in [-0.39, 0.29) is 6.08 Å². The molecule has 2 nitrogen and oxygen atoms in total. The molecule has 0 atom stereocenters. The Balaban J connectivity index is 7.37. The first kappa shape index (κ1) is 43.3. The number of alkyl halides is 27. The van der Waals surface area contributed by atoms with Gasteiger partial charge in [0.1, 0.15) is 0 Å². The minimum absolute atomic E-state index is 0.280. The maximum Gasteiger partial charge on any atom is 0.460 e. The molecule has 0 aliphatic rings. The Kier molecular flexibility index (Phi) is 10.3. The monoisotopic (exact) mass is 754 g/mol. The van der Waals surface area contributed by atoms with Crippen LogP contribution >= 0.6 is 0 Å². The summed E-state index contributed by atoms with van der Waals surface area (Å²) in [6.07, 6.45) is -8.53. The van der Waals surface area contributed by atoms with Crippen LogP contribution in [0.3, 0.4) is 0 Å². The van der Waals surface area contributed by atoms with Crippen molar-refractivity contribution in [2.45, 2.75) is 77.2 Å². The van der Waals surface area contributed by atoms with Crippen molar-refractivity contribution in [3.05, 3.63) is 12.7 Å². The highest BCUT2D eigenvalue weighted by molar-refractivity contribution is 5.81. The van der Waals surface area contributed by atoms with Gasteiger partial charge in [-0.05, 0) is 0 Å². The van der Waals surface area contributed by atoms with E-state index in [1.807, 2.05) is 0 Å². The molecule has 0 aromatic rings. The van der Waals surface area contributed by atoms with Crippen molar-refractivity contribution in [3.63, 3.8) is 0 Å². The van der Waals surface area contributed by atoms with Gasteiger partial charge in [-0.3, -0.25) is 0 Å². The van der Waals surface area contributed by atoms with Crippen LogP contribution in [0.5, 0.6) is 0 Å². The number of hydrogen-bond donors (Lipinski definition) is 0. The van der Waals surface area contributed by atoms with Gasteiger partial charge in [-0.25, -0.2) is 4.79 Å². The zero-order chi connectivity index (χ0) is 38.2. The molecule has 0 bridgehead atoms. The highest BCUT2D eigenvalue weighted by atomic mass is 19.4. The predicted molar refractivity (Wildman–Crippen MR) is 86.6 cm³/mol. The zero-order valence-electron chi connectivity index (χ0n) is 20.0. The predicted octanol–water partition coefficient (Wildman–Crippen LogP) is 8.90. The maximum atomic E-state index is 13.7. The molecule has 0 saturated carbocycles. The first-order valence-electron chi connectivity index (χ1n) is 9.85. The Hall–Kier alpha value is -2.68. The van der Waals surface area contributed by atoms with Gasteiger partial charge >= 0.3 is 83.2 Å². The van der Waals surface area contributed by atoms with E-state index in [9.17, 15) is 123 Å². The Morgan fingerprint density at radius 3 is 0.783 bits per heavy atom. The van der Waals surface area contributed by atoms with Crippen LogP contribution in [0.25, 0.3) is 0 Å². The van der Waals surface area contributed by atoms with Crippen LogP contribution in [0, 0.1) is 0 Å². The maximum absolute atomic E-state index is 13.7. The Morgan fingerprint density at radius 2 is 0.587 bits per heavy atom. The fourth-order valence-corrected chi connectivity index (χ4v) is 2.49. The highest BCUT2D eigenvalue weighted by Crippen LogP contribution is 2.68. The molecule has 0 heterocycles. The van der Waals surface area contributed by atoms with E-state index in [0.29, 0.717) is 0 Å². The van der Waals surface area contributed by atoms with Gasteiger partial charge in [-0.15, -0.1) is 0 Å². The van der Waals surface area contributed by atoms with Gasteiger partial charge in [0, 0.05) is 6.08 Å². The average molecular weight is 754 g/mol. The fraction of sp³-hybridized carbons (Fsp3) is 0.824. The Labute approximate surface area is 232 Å². The first-order chi connectivity index (χ1) is 19.5. The summed E-state index contributed by atoms with van der Waals surface area (Å²) in [5, 5.41) is 0. The molecule has 0 fully saturated rings. The van der Waals surface area contributed by atoms with E-state index in [0.717, 1.165) is 0 Å². The lowest BCUT2D eigenvalue weighted by molar-refractivity contribution is -0.485. The molecule has 0 aliphatic heterocycles. The lowest BCUT2D eigenvalue weighted by Crippen LogP contribution is -2.79. The van der Waals surface area contributed by atoms with Gasteiger partial charge in [-0.2, -0.15) is 119 Å². The van der Waals surface area contributed by atoms with Crippen molar-refractivity contribution < 1.29 is 128 Å². The molecule has 0 unspecified atom stereocenters. The second-order valence-electron chi connectivity index (χ2n) is 8.33. The standard InChI is InChI=1S/C17H5F27O2/c1-2-4(45)46-3-5(18,19)6(20,21)7(22,23)8(24,25)9(26,27)10(28,29)11(30,31)12(32,33)13(34,35)14(36,37)15(38,39)16(40,41)17(42,43)44/h2H,1,3H2. The molecule has 0 aliphatic carbocycles. The second-order valence-corrected chi connectivity index (χ2v) is 8.33. The van der Waals surface area contributed by atoms with Gasteiger partial charge in [0.15, 0.2) is 6.61 Å². The zero-order valence-corrected chi connectivity index (χ0v) is 20.0. The highest BCUT2D eigenvalue weighted by Gasteiger charge is 3.00. The van der Waals surface area contributed by atoms with Gasteiger partial charge in [0.25, 0.3) is 0 Å². The third-order valence-corrected chi connectivity index (χ3v) is 5.32. The van der Waals surface area contributed by atoms with Crippen LogP contribution in [-0.2, 0) is 9.53 Å². The average Bonchev–Trinajstić information content (AvgIpc) is 2.85. The van der Waals surface area contributed by atoms with E-state index in [4.69, 9.17) is 0 Å². The largest absolute Gasteiger partial charge is 0.460 e. The van der Waals surface area contributed by atoms with Crippen LogP contribution in [0.15, 0.2) is 12.7 Å². The fourth-order valence-electron chi connectivity index (χ4n) is 2.49. The van der Waals surface area contributed by atoms with Crippen molar-refractivity contribution in [1.82, 2.24) is 0 Å². The van der Waals surface area contributed by atoms with Gasteiger partial charge in [-0.1, -0.05) is 6.58 Å². The smallest absolute Gasteiger partial charge is 0.456 e. The number of esters is 1. The quantitative estimate of drug-likeness (QED) is 0.101. The number of ether oxygens (including phenoxy) is 1. The number of halogens is 27. The van der Waals surface area contributed by atoms with Gasteiger partial charge < -0.3 is 4.74 Å². The van der Waals surface area contributed by atoms with Crippen molar-refractivity contribution >= 4 is 5.97 Å². The third kappa shape index (κ3) is 5.23. The third-order valence-electron chi connectivity index (χ3n) is 5.32. The summed E-state index contributed by atoms with van der Waals surface area (Å²) >= 11 is 0. The Morgan fingerprint density at radius 1 is 0.391 bits per heavy atom. The molecule has 0 amide bonds. The van der Waals surface area contributed by atoms with E-state index in [1.54, 1.807) is 0 Å². The molecule has 46 heavy (non-hydrogen) atoms. The summed E-state index contributed by atoms with van der Waals surface area (Å²) in [5.74, 6) is -113. The van der Waals surface area contributed by atoms with Crippen LogP contribution in [0.1, 0.15) is 0 Å². The molecule has 0 saturated heterocycles. The first-order valence-corrected chi connectivity index (χ1v) is 9.85. The van der Waals surface area contributed by atoms with Crippen LogP contribution < -0.4 is 0 Å². The topological polar surface area (TPSA) is 26.3 Å². The van der Waals surface area contributed by atoms with Crippen LogP contribution in [-0.4, -0.2) is 89.8 Å². The van der Waals surface area contributed by atoms with E-state index in [1.165, 1.54) is 0 Å². The minimum Gasteiger partial charge on any atom is -0.456 e. The van der Waals surface area contributed by atoms with Gasteiger partial charge in [0.2, 0.25) is 0 Å². The summed E-state index contributed by atoms with van der Waals surface area (Å²) in [6.45, 7) is -1.27. The summed E-state index contributed by atoms with van der Waals surface area (Å²) < 4.78 is 363. The molecule has 274 valence electrons. The van der Waals surface area contributed by atoms with Crippen LogP contribution in [0.2, 0.25) is 0 Å². The summed E-state index contributed by atoms with van der Waals surface area (Å²) in [7, 11) is 0. The summed E-state index contributed by atoms with van der Waals surface area (Å²) in [6, 6.07) is 0. The van der Waals surface area contributed by atoms with Crippen molar-refractivity contribution in [2.75, 3.05) is 6.61 Å². The van der Waals surface area contributed by atoms with Crippen molar-refractivity contribution in [2.24, 2.45) is 0 Å². The minimum atomic E-state index is -9.82. The molecular weight excluding hydrogens is 749 g/mol. The van der Waals surface area contributed by atoms with E-state index >= 15 is 0 Å². The number of rotatable bonds is 14. The molecule has 0 aromatic carbocycles. The number of carbonyl (C=O) groups excluding carboxylic acids is 1. The molecule has 0 rings (SSSR count). The Bertz CT molecular complexity index is 1140.